The van der Waals surface area contributed by atoms with Crippen LogP contribution in [0.25, 0.3) is 0 Å². The van der Waals surface area contributed by atoms with Crippen molar-refractivity contribution in [3.63, 3.8) is 0 Å². The van der Waals surface area contributed by atoms with E-state index in [1.165, 1.54) is 6.07 Å². The maximum Gasteiger partial charge on any atom is 0.322 e. The van der Waals surface area contributed by atoms with Crippen LogP contribution in [0, 0.1) is 21.4 Å². The summed E-state index contributed by atoms with van der Waals surface area (Å²) in [5, 5.41) is 29.8. The third kappa shape index (κ3) is 2.65. The second-order valence-corrected chi connectivity index (χ2v) is 2.68. The molecule has 0 atom stereocenters. The minimum atomic E-state index is -1.10. The van der Waals surface area contributed by atoms with Gasteiger partial charge in [0.1, 0.15) is 18.4 Å². The number of carboxylic acids is 1. The first kappa shape index (κ1) is 11.4. The number of nitriles is 1. The van der Waals surface area contributed by atoms with Crippen LogP contribution >= 0.6 is 0 Å². The Balaban J connectivity index is 2.96. The van der Waals surface area contributed by atoms with Gasteiger partial charge in [-0.15, -0.1) is 0 Å². The van der Waals surface area contributed by atoms with Crippen LogP contribution in [-0.4, -0.2) is 27.5 Å². The molecule has 0 fully saturated rings. The second-order valence-electron chi connectivity index (χ2n) is 2.68. The molecule has 0 aliphatic carbocycles. The second kappa shape index (κ2) is 4.70. The van der Waals surface area contributed by atoms with Crippen molar-refractivity contribution in [2.24, 2.45) is 0 Å². The SMILES string of the molecule is N#Cc1nc(NCC(=O)O)ccc1[N+](=O)[O-]. The van der Waals surface area contributed by atoms with E-state index in [4.69, 9.17) is 10.4 Å². The molecule has 1 aromatic rings. The molecule has 0 saturated carbocycles. The lowest BCUT2D eigenvalue weighted by atomic mass is 10.3. The van der Waals surface area contributed by atoms with Crippen LogP contribution in [0.2, 0.25) is 0 Å². The predicted octanol–water partition coefficient (Wildman–Crippen LogP) is 0.358. The first-order chi connectivity index (χ1) is 7.54. The molecule has 1 heterocycles. The molecule has 8 nitrogen and oxygen atoms in total. The van der Waals surface area contributed by atoms with Crippen LogP contribution in [0.15, 0.2) is 12.1 Å². The van der Waals surface area contributed by atoms with Crippen molar-refractivity contribution in [1.82, 2.24) is 4.98 Å². The molecule has 16 heavy (non-hydrogen) atoms. The van der Waals surface area contributed by atoms with Crippen molar-refractivity contribution in [2.75, 3.05) is 11.9 Å². The smallest absolute Gasteiger partial charge is 0.322 e. The van der Waals surface area contributed by atoms with Crippen molar-refractivity contribution in [3.05, 3.63) is 27.9 Å². The zero-order chi connectivity index (χ0) is 12.1. The van der Waals surface area contributed by atoms with Gasteiger partial charge in [0.05, 0.1) is 4.92 Å². The first-order valence-corrected chi connectivity index (χ1v) is 4.06. The first-order valence-electron chi connectivity index (χ1n) is 4.06. The molecule has 2 N–H and O–H groups in total. The molecule has 0 spiro atoms. The highest BCUT2D eigenvalue weighted by Gasteiger charge is 2.15. The number of carbonyl (C=O) groups is 1. The van der Waals surface area contributed by atoms with E-state index in [-0.39, 0.29) is 18.1 Å². The average molecular weight is 222 g/mol. The Morgan fingerprint density at radius 3 is 2.88 bits per heavy atom. The normalized spacial score (nSPS) is 9.19. The Bertz CT molecular complexity index is 479. The fraction of sp³-hybridized carbons (Fsp3) is 0.125. The molecule has 8 heteroatoms. The van der Waals surface area contributed by atoms with Crippen molar-refractivity contribution in [3.8, 4) is 6.07 Å². The van der Waals surface area contributed by atoms with E-state index in [9.17, 15) is 14.9 Å². The molecular weight excluding hydrogens is 216 g/mol. The van der Waals surface area contributed by atoms with Crippen LogP contribution in [0.5, 0.6) is 0 Å². The summed E-state index contributed by atoms with van der Waals surface area (Å²) in [5.74, 6) is -0.997. The molecule has 0 aliphatic rings. The zero-order valence-electron chi connectivity index (χ0n) is 7.88. The monoisotopic (exact) mass is 222 g/mol. The minimum absolute atomic E-state index is 0.101. The van der Waals surface area contributed by atoms with Crippen molar-refractivity contribution >= 4 is 17.5 Å². The lowest BCUT2D eigenvalue weighted by molar-refractivity contribution is -0.385. The van der Waals surface area contributed by atoms with Gasteiger partial charge in [-0.3, -0.25) is 14.9 Å². The van der Waals surface area contributed by atoms with E-state index < -0.39 is 16.6 Å². The topological polar surface area (TPSA) is 129 Å². The third-order valence-electron chi connectivity index (χ3n) is 1.60. The van der Waals surface area contributed by atoms with E-state index in [0.717, 1.165) is 6.07 Å². The highest BCUT2D eigenvalue weighted by atomic mass is 16.6. The summed E-state index contributed by atoms with van der Waals surface area (Å²) < 4.78 is 0. The molecule has 1 aromatic heterocycles. The van der Waals surface area contributed by atoms with Gasteiger partial charge >= 0.3 is 11.7 Å². The fourth-order valence-corrected chi connectivity index (χ4v) is 0.946. The van der Waals surface area contributed by atoms with Crippen LogP contribution in [0.4, 0.5) is 11.5 Å². The molecule has 0 aliphatic heterocycles. The number of pyridine rings is 1. The summed E-state index contributed by atoms with van der Waals surface area (Å²) in [6, 6.07) is 3.90. The predicted molar refractivity (Wildman–Crippen MR) is 51.7 cm³/mol. The van der Waals surface area contributed by atoms with Crippen LogP contribution < -0.4 is 5.32 Å². The number of nitrogens with zero attached hydrogens (tertiary/aromatic N) is 3. The summed E-state index contributed by atoms with van der Waals surface area (Å²) in [7, 11) is 0. The highest BCUT2D eigenvalue weighted by Crippen LogP contribution is 2.17. The van der Waals surface area contributed by atoms with Gasteiger partial charge in [0.2, 0.25) is 5.69 Å². The van der Waals surface area contributed by atoms with Gasteiger partial charge in [-0.05, 0) is 6.07 Å². The molecule has 82 valence electrons. The van der Waals surface area contributed by atoms with Crippen LogP contribution in [-0.2, 0) is 4.79 Å². The Morgan fingerprint density at radius 1 is 1.69 bits per heavy atom. The molecular formula is C8H6N4O4. The molecule has 0 bridgehead atoms. The molecule has 0 unspecified atom stereocenters. The summed E-state index contributed by atoms with van der Waals surface area (Å²) >= 11 is 0. The van der Waals surface area contributed by atoms with Gasteiger partial charge in [0, 0.05) is 6.07 Å². The number of hydrogen-bond acceptors (Lipinski definition) is 6. The summed E-state index contributed by atoms with van der Waals surface area (Å²) in [5.41, 5.74) is -0.774. The minimum Gasteiger partial charge on any atom is -0.480 e. The van der Waals surface area contributed by atoms with Gasteiger partial charge in [0.15, 0.2) is 0 Å². The van der Waals surface area contributed by atoms with Gasteiger partial charge in [-0.1, -0.05) is 0 Å². The van der Waals surface area contributed by atoms with Gasteiger partial charge < -0.3 is 10.4 Å². The Labute approximate surface area is 89.3 Å². The number of hydrogen-bond donors (Lipinski definition) is 2. The lowest BCUT2D eigenvalue weighted by Crippen LogP contribution is -2.13. The summed E-state index contributed by atoms with van der Waals surface area (Å²) in [6.45, 7) is -0.379. The zero-order valence-corrected chi connectivity index (χ0v) is 7.88. The standard InChI is InChI=1S/C8H6N4O4/c9-3-5-6(12(15)16)1-2-7(11-5)10-4-8(13)14/h1-2H,4H2,(H,10,11)(H,13,14). The summed E-state index contributed by atoms with van der Waals surface area (Å²) in [6.07, 6.45) is 0. The third-order valence-corrected chi connectivity index (χ3v) is 1.60. The van der Waals surface area contributed by atoms with Gasteiger partial charge in [-0.25, -0.2) is 4.98 Å². The van der Waals surface area contributed by atoms with Gasteiger partial charge in [-0.2, -0.15) is 5.26 Å². The summed E-state index contributed by atoms with van der Waals surface area (Å²) in [4.78, 5) is 23.6. The van der Waals surface area contributed by atoms with Crippen LogP contribution in [0.3, 0.4) is 0 Å². The van der Waals surface area contributed by atoms with Crippen molar-refractivity contribution < 1.29 is 14.8 Å². The number of anilines is 1. The maximum absolute atomic E-state index is 10.5. The Morgan fingerprint density at radius 2 is 2.38 bits per heavy atom. The highest BCUT2D eigenvalue weighted by molar-refractivity contribution is 5.72. The van der Waals surface area contributed by atoms with E-state index in [1.54, 1.807) is 6.07 Å². The largest absolute Gasteiger partial charge is 0.480 e. The van der Waals surface area contributed by atoms with E-state index >= 15 is 0 Å². The lowest BCUT2D eigenvalue weighted by Gasteiger charge is -2.02. The van der Waals surface area contributed by atoms with E-state index in [0.29, 0.717) is 0 Å². The fourth-order valence-electron chi connectivity index (χ4n) is 0.946. The Hall–Kier alpha value is -2.69. The van der Waals surface area contributed by atoms with E-state index in [1.807, 2.05) is 0 Å². The molecule has 0 amide bonds. The quantitative estimate of drug-likeness (QED) is 0.555. The van der Waals surface area contributed by atoms with Crippen molar-refractivity contribution in [1.29, 1.82) is 5.26 Å². The number of carboxylic acid groups (broad SMARTS) is 1. The number of aromatic nitrogens is 1. The molecule has 0 aromatic carbocycles. The maximum atomic E-state index is 10.5. The van der Waals surface area contributed by atoms with E-state index in [2.05, 4.69) is 10.3 Å². The molecule has 0 saturated heterocycles. The number of aliphatic carboxylic acids is 1. The average Bonchev–Trinajstić information content (AvgIpc) is 2.25. The van der Waals surface area contributed by atoms with Crippen molar-refractivity contribution in [2.45, 2.75) is 0 Å². The van der Waals surface area contributed by atoms with Crippen LogP contribution in [0.1, 0.15) is 5.69 Å². The number of nitrogens with one attached hydrogen (secondary N) is 1. The Kier molecular flexibility index (Phi) is 3.34. The number of rotatable bonds is 4. The molecule has 1 rings (SSSR count). The van der Waals surface area contributed by atoms with Gasteiger partial charge in [0.25, 0.3) is 0 Å². The number of nitro groups is 1. The molecule has 0 radical (unpaired) electrons.